The number of carbonyl (C=O) groups is 1. The van der Waals surface area contributed by atoms with E-state index in [4.69, 9.17) is 9.26 Å². The number of aliphatic hydroxyl groups is 1. The van der Waals surface area contributed by atoms with Crippen molar-refractivity contribution in [2.75, 3.05) is 14.2 Å². The maximum atomic E-state index is 12.2. The number of aromatic nitrogens is 2. The van der Waals surface area contributed by atoms with E-state index in [-0.39, 0.29) is 18.1 Å². The molecule has 7 nitrogen and oxygen atoms in total. The highest BCUT2D eigenvalue weighted by molar-refractivity contribution is 5.76. The summed E-state index contributed by atoms with van der Waals surface area (Å²) in [7, 11) is 3.30. The predicted molar refractivity (Wildman–Crippen MR) is 74.6 cm³/mol. The van der Waals surface area contributed by atoms with E-state index in [1.165, 1.54) is 0 Å². The first-order valence-electron chi connectivity index (χ1n) is 7.34. The van der Waals surface area contributed by atoms with E-state index in [0.29, 0.717) is 31.0 Å². The summed E-state index contributed by atoms with van der Waals surface area (Å²) in [5.41, 5.74) is 0. The normalized spacial score (nSPS) is 25.2. The van der Waals surface area contributed by atoms with Gasteiger partial charge in [0.15, 0.2) is 5.82 Å². The van der Waals surface area contributed by atoms with Crippen LogP contribution < -0.4 is 0 Å². The molecule has 7 heteroatoms. The summed E-state index contributed by atoms with van der Waals surface area (Å²) in [5, 5.41) is 13.9. The maximum absolute atomic E-state index is 12.2. The van der Waals surface area contributed by atoms with E-state index >= 15 is 0 Å². The minimum atomic E-state index is -0.626. The van der Waals surface area contributed by atoms with Crippen LogP contribution in [-0.2, 0) is 22.4 Å². The average Bonchev–Trinajstić information content (AvgIpc) is 3.10. The number of ether oxygens (including phenoxy) is 1. The fraction of sp³-hybridized carbons (Fsp3) is 0.786. The molecule has 1 saturated carbocycles. The van der Waals surface area contributed by atoms with Crippen molar-refractivity contribution in [2.45, 2.75) is 57.3 Å². The minimum Gasteiger partial charge on any atom is -0.388 e. The number of aliphatic hydroxyl groups excluding tert-OH is 1. The van der Waals surface area contributed by atoms with Crippen LogP contribution >= 0.6 is 0 Å². The number of likely N-dealkylation sites (N-methyl/N-ethyl adjacent to an activating group) is 1. The van der Waals surface area contributed by atoms with Crippen LogP contribution in [0.1, 0.15) is 37.9 Å². The van der Waals surface area contributed by atoms with Crippen LogP contribution in [0.4, 0.5) is 0 Å². The fourth-order valence-electron chi connectivity index (χ4n) is 2.71. The first-order chi connectivity index (χ1) is 10.1. The van der Waals surface area contributed by atoms with Gasteiger partial charge in [-0.2, -0.15) is 4.98 Å². The molecular formula is C14H23N3O4. The van der Waals surface area contributed by atoms with Crippen molar-refractivity contribution >= 4 is 5.91 Å². The van der Waals surface area contributed by atoms with Crippen molar-refractivity contribution in [1.29, 1.82) is 0 Å². The molecule has 1 fully saturated rings. The molecule has 1 amide bonds. The molecule has 3 atom stereocenters. The molecule has 0 unspecified atom stereocenters. The Morgan fingerprint density at radius 3 is 2.86 bits per heavy atom. The third-order valence-corrected chi connectivity index (χ3v) is 4.09. The lowest BCUT2D eigenvalue weighted by Crippen LogP contribution is -2.44. The van der Waals surface area contributed by atoms with E-state index in [1.54, 1.807) is 19.1 Å². The smallest absolute Gasteiger partial charge is 0.227 e. The van der Waals surface area contributed by atoms with Gasteiger partial charge in [-0.25, -0.2) is 0 Å². The predicted octanol–water partition coefficient (Wildman–Crippen LogP) is 0.561. The van der Waals surface area contributed by atoms with Gasteiger partial charge in [-0.05, 0) is 12.8 Å². The van der Waals surface area contributed by atoms with Crippen molar-refractivity contribution in [2.24, 2.45) is 0 Å². The molecule has 1 aromatic heterocycles. The number of hydrogen-bond acceptors (Lipinski definition) is 6. The maximum Gasteiger partial charge on any atom is 0.227 e. The van der Waals surface area contributed by atoms with Crippen LogP contribution in [-0.4, -0.2) is 58.5 Å². The molecule has 118 valence electrons. The van der Waals surface area contributed by atoms with Gasteiger partial charge < -0.3 is 19.3 Å². The molecule has 0 saturated heterocycles. The standard InChI is InChI=1S/C14H23N3O4/c1-4-11-15-12(21-16-11)7-8-13(18)17(2)9-5-6-10(20-3)14(9)19/h9-10,14,19H,4-8H2,1-3H3/t9-,10-,14-/m1/s1. The van der Waals surface area contributed by atoms with E-state index in [0.717, 1.165) is 12.8 Å². The van der Waals surface area contributed by atoms with Crippen LogP contribution in [0.2, 0.25) is 0 Å². The monoisotopic (exact) mass is 297 g/mol. The summed E-state index contributed by atoms with van der Waals surface area (Å²) in [6.07, 6.45) is 2.14. The Labute approximate surface area is 124 Å². The van der Waals surface area contributed by atoms with Crippen LogP contribution in [0.5, 0.6) is 0 Å². The number of rotatable bonds is 6. The van der Waals surface area contributed by atoms with Gasteiger partial charge in [0.05, 0.1) is 12.1 Å². The van der Waals surface area contributed by atoms with Crippen LogP contribution in [0.3, 0.4) is 0 Å². The molecule has 0 radical (unpaired) electrons. The van der Waals surface area contributed by atoms with Gasteiger partial charge in [0.25, 0.3) is 0 Å². The Hall–Kier alpha value is -1.47. The zero-order chi connectivity index (χ0) is 15.4. The Bertz CT molecular complexity index is 477. The highest BCUT2D eigenvalue weighted by atomic mass is 16.5. The van der Waals surface area contributed by atoms with Crippen molar-refractivity contribution in [3.63, 3.8) is 0 Å². The molecule has 1 aromatic rings. The van der Waals surface area contributed by atoms with E-state index < -0.39 is 6.10 Å². The summed E-state index contributed by atoms with van der Waals surface area (Å²) in [6.45, 7) is 1.95. The molecule has 0 spiro atoms. The number of aryl methyl sites for hydroxylation is 2. The lowest BCUT2D eigenvalue weighted by atomic mass is 10.1. The first kappa shape index (κ1) is 15.9. The van der Waals surface area contributed by atoms with Gasteiger partial charge in [-0.3, -0.25) is 4.79 Å². The van der Waals surface area contributed by atoms with Gasteiger partial charge in [0.2, 0.25) is 11.8 Å². The highest BCUT2D eigenvalue weighted by Gasteiger charge is 2.38. The number of carbonyl (C=O) groups excluding carboxylic acids is 1. The second-order valence-electron chi connectivity index (χ2n) is 5.37. The third-order valence-electron chi connectivity index (χ3n) is 4.09. The van der Waals surface area contributed by atoms with E-state index in [2.05, 4.69) is 10.1 Å². The largest absolute Gasteiger partial charge is 0.388 e. The Kier molecular flexibility index (Phi) is 5.30. The van der Waals surface area contributed by atoms with Crippen molar-refractivity contribution in [1.82, 2.24) is 15.0 Å². The Morgan fingerprint density at radius 2 is 2.29 bits per heavy atom. The molecule has 1 aliphatic carbocycles. The van der Waals surface area contributed by atoms with Crippen LogP contribution in [0, 0.1) is 0 Å². The summed E-state index contributed by atoms with van der Waals surface area (Å²) in [4.78, 5) is 18.0. The van der Waals surface area contributed by atoms with Crippen LogP contribution in [0.25, 0.3) is 0 Å². The third kappa shape index (κ3) is 3.59. The zero-order valence-electron chi connectivity index (χ0n) is 12.8. The number of amides is 1. The zero-order valence-corrected chi connectivity index (χ0v) is 12.8. The summed E-state index contributed by atoms with van der Waals surface area (Å²) in [5.74, 6) is 1.10. The summed E-state index contributed by atoms with van der Waals surface area (Å²) >= 11 is 0. The Morgan fingerprint density at radius 1 is 1.52 bits per heavy atom. The van der Waals surface area contributed by atoms with Gasteiger partial charge in [0.1, 0.15) is 6.10 Å². The molecule has 0 aliphatic heterocycles. The summed E-state index contributed by atoms with van der Waals surface area (Å²) < 4.78 is 10.3. The number of methoxy groups -OCH3 is 1. The molecule has 0 aromatic carbocycles. The molecule has 2 rings (SSSR count). The summed E-state index contributed by atoms with van der Waals surface area (Å²) in [6, 6.07) is -0.184. The number of hydrogen-bond donors (Lipinski definition) is 1. The van der Waals surface area contributed by atoms with Gasteiger partial charge in [0, 0.05) is 33.4 Å². The lowest BCUT2D eigenvalue weighted by molar-refractivity contribution is -0.134. The molecule has 1 N–H and O–H groups in total. The van der Waals surface area contributed by atoms with Crippen molar-refractivity contribution < 1.29 is 19.2 Å². The van der Waals surface area contributed by atoms with Crippen molar-refractivity contribution in [3.05, 3.63) is 11.7 Å². The van der Waals surface area contributed by atoms with Crippen molar-refractivity contribution in [3.8, 4) is 0 Å². The van der Waals surface area contributed by atoms with Crippen LogP contribution in [0.15, 0.2) is 4.52 Å². The quantitative estimate of drug-likeness (QED) is 0.825. The fourth-order valence-corrected chi connectivity index (χ4v) is 2.71. The van der Waals surface area contributed by atoms with Gasteiger partial charge in [-0.1, -0.05) is 12.1 Å². The Balaban J connectivity index is 1.85. The molecular weight excluding hydrogens is 274 g/mol. The minimum absolute atomic E-state index is 0.0351. The van der Waals surface area contributed by atoms with Gasteiger partial charge >= 0.3 is 0 Å². The lowest BCUT2D eigenvalue weighted by Gasteiger charge is -2.28. The van der Waals surface area contributed by atoms with Gasteiger partial charge in [-0.15, -0.1) is 0 Å². The molecule has 1 heterocycles. The average molecular weight is 297 g/mol. The topological polar surface area (TPSA) is 88.7 Å². The second kappa shape index (κ2) is 7.00. The highest BCUT2D eigenvalue weighted by Crippen LogP contribution is 2.26. The molecule has 1 aliphatic rings. The first-order valence-corrected chi connectivity index (χ1v) is 7.34. The number of nitrogens with zero attached hydrogens (tertiary/aromatic N) is 3. The molecule has 21 heavy (non-hydrogen) atoms. The second-order valence-corrected chi connectivity index (χ2v) is 5.37. The van der Waals surface area contributed by atoms with E-state index in [9.17, 15) is 9.90 Å². The molecule has 0 bridgehead atoms. The SMILES string of the molecule is CCc1noc(CCC(=O)N(C)[C@@H]2CC[C@@H](OC)[C@@H]2O)n1. The van der Waals surface area contributed by atoms with E-state index in [1.807, 2.05) is 6.92 Å².